The predicted molar refractivity (Wildman–Crippen MR) is 47.3 cm³/mol. The molecule has 0 radical (unpaired) electrons. The van der Waals surface area contributed by atoms with Crippen LogP contribution in [0.1, 0.15) is 44.9 Å². The third-order valence-corrected chi connectivity index (χ3v) is 3.77. The van der Waals surface area contributed by atoms with E-state index in [1.54, 1.807) is 0 Å². The SMILES string of the molecule is NCC1(C2CCCCC2)CC1. The summed E-state index contributed by atoms with van der Waals surface area (Å²) in [6.07, 6.45) is 10.2. The number of hydrogen-bond donors (Lipinski definition) is 1. The Hall–Kier alpha value is -0.0400. The van der Waals surface area contributed by atoms with E-state index >= 15 is 0 Å². The van der Waals surface area contributed by atoms with Crippen LogP contribution in [0.5, 0.6) is 0 Å². The topological polar surface area (TPSA) is 26.0 Å². The molecule has 0 heterocycles. The standard InChI is InChI=1S/C10H19N/c11-8-10(6-7-10)9-4-2-1-3-5-9/h9H,1-8,11H2. The lowest BCUT2D eigenvalue weighted by Gasteiger charge is -2.29. The molecule has 1 heteroatoms. The van der Waals surface area contributed by atoms with Gasteiger partial charge in [0.2, 0.25) is 0 Å². The second kappa shape index (κ2) is 2.78. The van der Waals surface area contributed by atoms with Crippen LogP contribution < -0.4 is 5.73 Å². The summed E-state index contributed by atoms with van der Waals surface area (Å²) in [7, 11) is 0. The minimum absolute atomic E-state index is 0.639. The average molecular weight is 153 g/mol. The van der Waals surface area contributed by atoms with Gasteiger partial charge in [-0.25, -0.2) is 0 Å². The van der Waals surface area contributed by atoms with Crippen molar-refractivity contribution in [3.05, 3.63) is 0 Å². The van der Waals surface area contributed by atoms with Gasteiger partial charge in [-0.15, -0.1) is 0 Å². The Morgan fingerprint density at radius 3 is 2.18 bits per heavy atom. The Morgan fingerprint density at radius 2 is 1.73 bits per heavy atom. The Morgan fingerprint density at radius 1 is 1.09 bits per heavy atom. The van der Waals surface area contributed by atoms with Crippen LogP contribution in [0.15, 0.2) is 0 Å². The van der Waals surface area contributed by atoms with Gasteiger partial charge < -0.3 is 5.73 Å². The van der Waals surface area contributed by atoms with Gasteiger partial charge in [-0.05, 0) is 43.6 Å². The molecule has 1 nitrogen and oxygen atoms in total. The van der Waals surface area contributed by atoms with E-state index in [2.05, 4.69) is 0 Å². The molecule has 64 valence electrons. The highest BCUT2D eigenvalue weighted by molar-refractivity contribution is 4.99. The summed E-state index contributed by atoms with van der Waals surface area (Å²) < 4.78 is 0. The highest BCUT2D eigenvalue weighted by atomic mass is 14.7. The molecule has 0 aromatic heterocycles. The van der Waals surface area contributed by atoms with Crippen molar-refractivity contribution in [1.29, 1.82) is 0 Å². The van der Waals surface area contributed by atoms with E-state index in [-0.39, 0.29) is 0 Å². The van der Waals surface area contributed by atoms with Crippen molar-refractivity contribution >= 4 is 0 Å². The zero-order chi connectivity index (χ0) is 7.73. The highest BCUT2D eigenvalue weighted by Crippen LogP contribution is 2.55. The molecular formula is C10H19N. The van der Waals surface area contributed by atoms with E-state index in [1.807, 2.05) is 0 Å². The van der Waals surface area contributed by atoms with Gasteiger partial charge in [0.05, 0.1) is 0 Å². The van der Waals surface area contributed by atoms with Crippen LogP contribution in [0.25, 0.3) is 0 Å². The van der Waals surface area contributed by atoms with Gasteiger partial charge in [-0.3, -0.25) is 0 Å². The van der Waals surface area contributed by atoms with Gasteiger partial charge in [0.1, 0.15) is 0 Å². The molecule has 2 fully saturated rings. The fourth-order valence-corrected chi connectivity index (χ4v) is 2.65. The fourth-order valence-electron chi connectivity index (χ4n) is 2.65. The third-order valence-electron chi connectivity index (χ3n) is 3.77. The number of rotatable bonds is 2. The molecule has 2 aliphatic carbocycles. The molecular weight excluding hydrogens is 134 g/mol. The monoisotopic (exact) mass is 153 g/mol. The van der Waals surface area contributed by atoms with Gasteiger partial charge in [-0.2, -0.15) is 0 Å². The lowest BCUT2D eigenvalue weighted by atomic mass is 9.78. The fraction of sp³-hybridized carbons (Fsp3) is 1.00. The van der Waals surface area contributed by atoms with Gasteiger partial charge in [0, 0.05) is 0 Å². The van der Waals surface area contributed by atoms with Crippen molar-refractivity contribution < 1.29 is 0 Å². The normalized spacial score (nSPS) is 30.3. The van der Waals surface area contributed by atoms with Crippen molar-refractivity contribution in [3.63, 3.8) is 0 Å². The van der Waals surface area contributed by atoms with Gasteiger partial charge in [0.25, 0.3) is 0 Å². The molecule has 0 bridgehead atoms. The van der Waals surface area contributed by atoms with Crippen LogP contribution in [-0.4, -0.2) is 6.54 Å². The predicted octanol–water partition coefficient (Wildman–Crippen LogP) is 2.31. The summed E-state index contributed by atoms with van der Waals surface area (Å²) in [5.41, 5.74) is 6.44. The van der Waals surface area contributed by atoms with E-state index in [1.165, 1.54) is 44.9 Å². The van der Waals surface area contributed by atoms with Crippen molar-refractivity contribution in [2.45, 2.75) is 44.9 Å². The molecule has 2 saturated carbocycles. The summed E-state index contributed by atoms with van der Waals surface area (Å²) in [4.78, 5) is 0. The summed E-state index contributed by atoms with van der Waals surface area (Å²) in [5.74, 6) is 1.00. The molecule has 0 aromatic rings. The summed E-state index contributed by atoms with van der Waals surface area (Å²) >= 11 is 0. The van der Waals surface area contributed by atoms with Crippen LogP contribution in [0.4, 0.5) is 0 Å². The third kappa shape index (κ3) is 1.31. The van der Waals surface area contributed by atoms with Gasteiger partial charge in [0.15, 0.2) is 0 Å². The molecule has 2 N–H and O–H groups in total. The largest absolute Gasteiger partial charge is 0.330 e. The highest BCUT2D eigenvalue weighted by Gasteiger charge is 2.47. The second-order valence-corrected chi connectivity index (χ2v) is 4.40. The molecule has 0 saturated heterocycles. The van der Waals surface area contributed by atoms with E-state index in [9.17, 15) is 0 Å². The van der Waals surface area contributed by atoms with Gasteiger partial charge in [-0.1, -0.05) is 19.3 Å². The van der Waals surface area contributed by atoms with Crippen LogP contribution in [0.3, 0.4) is 0 Å². The number of hydrogen-bond acceptors (Lipinski definition) is 1. The van der Waals surface area contributed by atoms with Crippen LogP contribution >= 0.6 is 0 Å². The van der Waals surface area contributed by atoms with Gasteiger partial charge >= 0.3 is 0 Å². The van der Waals surface area contributed by atoms with E-state index in [0.29, 0.717) is 5.41 Å². The first kappa shape index (κ1) is 7.60. The Labute approximate surface area is 69.4 Å². The maximum absolute atomic E-state index is 5.80. The molecule has 11 heavy (non-hydrogen) atoms. The molecule has 2 rings (SSSR count). The van der Waals surface area contributed by atoms with Crippen molar-refractivity contribution in [1.82, 2.24) is 0 Å². The second-order valence-electron chi connectivity index (χ2n) is 4.40. The minimum Gasteiger partial charge on any atom is -0.330 e. The molecule has 0 aliphatic heterocycles. The maximum Gasteiger partial charge on any atom is -0.00179 e. The van der Waals surface area contributed by atoms with Crippen LogP contribution in [-0.2, 0) is 0 Å². The molecule has 0 spiro atoms. The first-order chi connectivity index (χ1) is 5.37. The molecule has 0 atom stereocenters. The van der Waals surface area contributed by atoms with E-state index in [4.69, 9.17) is 5.73 Å². The summed E-state index contributed by atoms with van der Waals surface area (Å²) in [6.45, 7) is 0.956. The maximum atomic E-state index is 5.80. The smallest absolute Gasteiger partial charge is 0.00179 e. The Bertz CT molecular complexity index is 132. The molecule has 0 unspecified atom stereocenters. The molecule has 0 aromatic carbocycles. The van der Waals surface area contributed by atoms with Crippen molar-refractivity contribution in [3.8, 4) is 0 Å². The molecule has 2 aliphatic rings. The van der Waals surface area contributed by atoms with E-state index in [0.717, 1.165) is 12.5 Å². The lowest BCUT2D eigenvalue weighted by Crippen LogP contribution is -2.26. The first-order valence-electron chi connectivity index (χ1n) is 5.07. The van der Waals surface area contributed by atoms with E-state index < -0.39 is 0 Å². The van der Waals surface area contributed by atoms with Crippen LogP contribution in [0.2, 0.25) is 0 Å². The van der Waals surface area contributed by atoms with Crippen molar-refractivity contribution in [2.24, 2.45) is 17.1 Å². The zero-order valence-corrected chi connectivity index (χ0v) is 7.31. The zero-order valence-electron chi connectivity index (χ0n) is 7.31. The number of nitrogens with two attached hydrogens (primary N) is 1. The first-order valence-corrected chi connectivity index (χ1v) is 5.07. The summed E-state index contributed by atoms with van der Waals surface area (Å²) in [6, 6.07) is 0. The lowest BCUT2D eigenvalue weighted by molar-refractivity contribution is 0.233. The average Bonchev–Trinajstić information content (AvgIpc) is 2.86. The molecule has 0 amide bonds. The minimum atomic E-state index is 0.639. The quantitative estimate of drug-likeness (QED) is 0.647. The van der Waals surface area contributed by atoms with Crippen molar-refractivity contribution in [2.75, 3.05) is 6.54 Å². The van der Waals surface area contributed by atoms with Crippen LogP contribution in [0, 0.1) is 11.3 Å². The summed E-state index contributed by atoms with van der Waals surface area (Å²) in [5, 5.41) is 0. The Kier molecular flexibility index (Phi) is 1.92. The Balaban J connectivity index is 1.92.